The number of aliphatic hydroxyl groups is 4. The summed E-state index contributed by atoms with van der Waals surface area (Å²) in [5.74, 6) is 1.44. The molecule has 5 saturated heterocycles. The lowest BCUT2D eigenvalue weighted by atomic mass is 9.46. The number of Topliss-reactive ketones (excluding diaryl/α,β-unsaturated/α-hetero) is 1. The van der Waals surface area contributed by atoms with Gasteiger partial charge in [-0.1, -0.05) is 200 Å². The van der Waals surface area contributed by atoms with E-state index in [1.54, 1.807) is 0 Å². The fraction of sp³-hybridized carbons (Fsp3) is 0.619. The number of piperidine rings is 3. The molecule has 4 N–H and O–H groups in total. The van der Waals surface area contributed by atoms with Gasteiger partial charge in [0.05, 0.1) is 56.4 Å². The van der Waals surface area contributed by atoms with Crippen LogP contribution in [0.4, 0.5) is 0 Å². The van der Waals surface area contributed by atoms with Crippen molar-refractivity contribution in [3.63, 3.8) is 0 Å². The molecule has 112 heavy (non-hydrogen) atoms. The van der Waals surface area contributed by atoms with Gasteiger partial charge < -0.3 is 48.8 Å². The Morgan fingerprint density at radius 2 is 0.812 bits per heavy atom. The van der Waals surface area contributed by atoms with Crippen LogP contribution in [0.2, 0.25) is 0 Å². The first-order valence-electron chi connectivity index (χ1n) is 42.1. The van der Waals surface area contributed by atoms with E-state index in [2.05, 4.69) is 155 Å². The largest absolute Gasteiger partial charge is 0.396 e. The monoisotopic (exact) mass is 1590 g/mol. The standard InChI is InChI=1S/C32H41NO4.C30H37NO3.C25H35NO4.C7H7Br.3CH4/c1-23-7-10-26-18-29-31(34)19-27(11-14-35-21-25-5-3-2-4-6-25)32(36-15-16-37-32)22-30(31,28(26)17-23)12-13-33(29)20-24-8-9-24;1-21-7-10-24-16-28-30(33)17-25(11-14-34-20-23-5-3-2-4-6-23)27(32)18-29(30,26(24)15-21)12-13-31(28)19-22-8-9-22;1-17-2-5-19-13-22-24(28)14-20(6-9-27)25(29-10-11-30-25)16-23(24,21(19)12-17)7-8-26(22)15-18-3-4-18;8-6-7-4-2-1-3-5-7;;;/h2-7,10,17,24,27,29,34H,8-9,11-16,18-22H2,1H3;2-7,10,15,22,25,28,33H,8-9,11-14,16-20H2,1H3;2,5,12,18,20,22,27-28H,3-4,6-11,13-16H2,1H3;1-5H,6H2;3*1H4/t27-,29+,30+,31+;25-,28+,29+,30+;20-,22+,23+,24+;;;;/m000..../s1. The average molecular weight is 1600 g/mol. The molecule has 14 nitrogen and oxygen atoms in total. The van der Waals surface area contributed by atoms with Gasteiger partial charge in [-0.3, -0.25) is 19.5 Å². The minimum absolute atomic E-state index is 0. The van der Waals surface area contributed by atoms with Crippen LogP contribution in [0.1, 0.15) is 205 Å². The Hall–Kier alpha value is -5.05. The van der Waals surface area contributed by atoms with Gasteiger partial charge in [-0.2, -0.15) is 0 Å². The fourth-order valence-electron chi connectivity index (χ4n) is 23.5. The molecule has 14 aliphatic rings. The lowest BCUT2D eigenvalue weighted by Crippen LogP contribution is -2.76. The smallest absolute Gasteiger partial charge is 0.172 e. The van der Waals surface area contributed by atoms with E-state index < -0.39 is 33.8 Å². The number of alkyl halides is 1. The third kappa shape index (κ3) is 15.7. The average Bonchev–Trinajstić information content (AvgIpc) is 1.04. The predicted molar refractivity (Wildman–Crippen MR) is 447 cm³/mol. The number of likely N-dealkylation sites (tertiary alicyclic amines) is 3. The van der Waals surface area contributed by atoms with Gasteiger partial charge in [0.2, 0.25) is 0 Å². The van der Waals surface area contributed by atoms with Crippen molar-refractivity contribution in [3.05, 3.63) is 212 Å². The van der Waals surface area contributed by atoms with Gasteiger partial charge in [0, 0.05) is 116 Å². The molecule has 11 fully saturated rings. The van der Waals surface area contributed by atoms with Crippen LogP contribution in [-0.4, -0.2) is 173 Å². The van der Waals surface area contributed by atoms with Gasteiger partial charge in [0.1, 0.15) is 5.78 Å². The third-order valence-electron chi connectivity index (χ3n) is 29.5. The first-order valence-corrected chi connectivity index (χ1v) is 43.3. The SMILES string of the molecule is BrCc1ccccc1.C.C.C.Cc1ccc2c(c1)[C@]13CCN(CC4CC4)[C@H](C2)[C@]1(O)C[C@H](CCO)C1(C3)OCCO1.Cc1ccc2c(c1)[C@]13CCN(CC4CC4)[C@H](C2)[C@]1(O)C[C@H](CCOCc1ccccc1)C(=O)C3.Cc1ccc2c(c1)[C@]13CCN(CC4CC4)[C@H](C2)[C@]1(O)C[C@H](CCOCc1ccccc1)C1(C3)OCCO1. The highest BCUT2D eigenvalue weighted by Crippen LogP contribution is 2.67. The van der Waals surface area contributed by atoms with Crippen molar-refractivity contribution in [2.45, 2.75) is 259 Å². The second-order valence-corrected chi connectivity index (χ2v) is 36.8. The molecule has 608 valence electrons. The molecule has 12 atom stereocenters. The first kappa shape index (κ1) is 83.4. The topological polar surface area (TPSA) is 163 Å². The number of carbonyl (C=O) groups is 1. The molecule has 0 amide bonds. The summed E-state index contributed by atoms with van der Waals surface area (Å²) >= 11 is 3.36. The van der Waals surface area contributed by atoms with E-state index in [-0.39, 0.29) is 75.6 Å². The van der Waals surface area contributed by atoms with Crippen LogP contribution in [-0.2, 0) is 87.3 Å². The van der Waals surface area contributed by atoms with Gasteiger partial charge in [-0.25, -0.2) is 0 Å². The zero-order valence-electron chi connectivity index (χ0n) is 65.1. The zero-order valence-corrected chi connectivity index (χ0v) is 66.7. The van der Waals surface area contributed by atoms with Gasteiger partial charge in [-0.15, -0.1) is 0 Å². The predicted octanol–water partition coefficient (Wildman–Crippen LogP) is 16.4. The molecule has 9 aliphatic carbocycles. The normalized spacial score (nSPS) is 32.6. The van der Waals surface area contributed by atoms with Crippen molar-refractivity contribution in [1.82, 2.24) is 14.7 Å². The number of hydrogen-bond donors (Lipinski definition) is 4. The minimum Gasteiger partial charge on any atom is -0.396 e. The summed E-state index contributed by atoms with van der Waals surface area (Å²) in [6, 6.07) is 51.7. The van der Waals surface area contributed by atoms with Crippen molar-refractivity contribution in [3.8, 4) is 0 Å². The Labute approximate surface area is 678 Å². The quantitative estimate of drug-likeness (QED) is 0.0447. The van der Waals surface area contributed by atoms with E-state index in [0.29, 0.717) is 104 Å². The highest BCUT2D eigenvalue weighted by molar-refractivity contribution is 9.08. The van der Waals surface area contributed by atoms with E-state index in [0.717, 1.165) is 119 Å². The number of hydrogen-bond acceptors (Lipinski definition) is 14. The first-order chi connectivity index (χ1) is 52.9. The molecule has 15 heteroatoms. The number of halogens is 1. The van der Waals surface area contributed by atoms with E-state index in [4.69, 9.17) is 28.4 Å². The highest BCUT2D eigenvalue weighted by atomic mass is 79.9. The van der Waals surface area contributed by atoms with Crippen molar-refractivity contribution < 1.29 is 53.6 Å². The summed E-state index contributed by atoms with van der Waals surface area (Å²) in [6.07, 6.45) is 19.5. The number of rotatable bonds is 19. The molecule has 5 aliphatic heterocycles. The molecule has 6 bridgehead atoms. The molecule has 5 heterocycles. The second kappa shape index (κ2) is 34.1. The highest BCUT2D eigenvalue weighted by Gasteiger charge is 2.73. The molecule has 6 saturated carbocycles. The van der Waals surface area contributed by atoms with Gasteiger partial charge in [-0.05, 0) is 224 Å². The van der Waals surface area contributed by atoms with E-state index in [1.807, 2.05) is 42.5 Å². The van der Waals surface area contributed by atoms with Crippen LogP contribution in [0.25, 0.3) is 0 Å². The number of ether oxygens (including phenoxy) is 6. The molecule has 20 rings (SSSR count). The van der Waals surface area contributed by atoms with Crippen LogP contribution in [0, 0.1) is 56.3 Å². The molecule has 6 aromatic rings. The number of fused-ring (bicyclic) bond motifs is 3. The Bertz CT molecular complexity index is 4150. The maximum atomic E-state index is 13.5. The maximum Gasteiger partial charge on any atom is 0.172 e. The zero-order chi connectivity index (χ0) is 74.8. The third-order valence-corrected chi connectivity index (χ3v) is 30.2. The summed E-state index contributed by atoms with van der Waals surface area (Å²) in [6.45, 7) is 17.9. The van der Waals surface area contributed by atoms with Crippen LogP contribution >= 0.6 is 15.9 Å². The Morgan fingerprint density at radius 1 is 0.455 bits per heavy atom. The Kier molecular flexibility index (Phi) is 25.4. The summed E-state index contributed by atoms with van der Waals surface area (Å²) in [5, 5.41) is 48.9. The summed E-state index contributed by atoms with van der Waals surface area (Å²) < 4.78 is 37.8. The number of aliphatic hydroxyl groups excluding tert-OH is 1. The van der Waals surface area contributed by atoms with Gasteiger partial charge in [0.25, 0.3) is 0 Å². The summed E-state index contributed by atoms with van der Waals surface area (Å²) in [4.78, 5) is 21.4. The summed E-state index contributed by atoms with van der Waals surface area (Å²) in [7, 11) is 0. The molecule has 2 spiro atoms. The van der Waals surface area contributed by atoms with Crippen LogP contribution < -0.4 is 0 Å². The molecule has 6 aromatic carbocycles. The second-order valence-electron chi connectivity index (χ2n) is 36.2. The van der Waals surface area contributed by atoms with Crippen molar-refractivity contribution in [2.75, 3.05) is 85.5 Å². The lowest BCUT2D eigenvalue weighted by molar-refractivity contribution is -0.288. The van der Waals surface area contributed by atoms with Crippen molar-refractivity contribution in [1.29, 1.82) is 0 Å². The molecule has 0 unspecified atom stereocenters. The molecular formula is C97H132BrN3O11. The molecular weight excluding hydrogens is 1460 g/mol. The Morgan fingerprint density at radius 3 is 1.19 bits per heavy atom. The van der Waals surface area contributed by atoms with Crippen LogP contribution in [0.3, 0.4) is 0 Å². The van der Waals surface area contributed by atoms with Crippen LogP contribution in [0.15, 0.2) is 146 Å². The molecule has 0 radical (unpaired) electrons. The summed E-state index contributed by atoms with van der Waals surface area (Å²) in [5.41, 5.74) is 12.0. The maximum absolute atomic E-state index is 13.5. The fourth-order valence-corrected chi connectivity index (χ4v) is 23.8. The van der Waals surface area contributed by atoms with E-state index in [9.17, 15) is 25.2 Å². The number of benzene rings is 6. The number of aryl methyl sites for hydroxylation is 3. The molecule has 0 aromatic heterocycles. The van der Waals surface area contributed by atoms with Gasteiger partial charge >= 0.3 is 0 Å². The van der Waals surface area contributed by atoms with Crippen molar-refractivity contribution >= 4 is 21.7 Å². The minimum atomic E-state index is -0.848. The van der Waals surface area contributed by atoms with Crippen LogP contribution in [0.5, 0.6) is 0 Å². The van der Waals surface area contributed by atoms with Gasteiger partial charge in [0.15, 0.2) is 11.6 Å². The van der Waals surface area contributed by atoms with E-state index >= 15 is 0 Å². The Balaban J connectivity index is 0.000000131. The number of ketones is 1. The number of carbonyl (C=O) groups excluding carboxylic acids is 1. The van der Waals surface area contributed by atoms with E-state index in [1.165, 1.54) is 99.7 Å². The lowest BCUT2D eigenvalue weighted by Gasteiger charge is -2.67. The van der Waals surface area contributed by atoms with Crippen molar-refractivity contribution in [2.24, 2.45) is 35.5 Å². The number of nitrogens with zero attached hydrogens (tertiary/aromatic N) is 3.